The number of anilines is 1. The minimum Gasteiger partial charge on any atom is -0.490 e. The highest BCUT2D eigenvalue weighted by molar-refractivity contribution is 6.35. The quantitative estimate of drug-likeness (QED) is 0.406. The Morgan fingerprint density at radius 3 is 2.73 bits per heavy atom. The molecule has 0 saturated heterocycles. The van der Waals surface area contributed by atoms with E-state index in [0.717, 1.165) is 28.8 Å². The number of ether oxygens (including phenoxy) is 1. The van der Waals surface area contributed by atoms with Gasteiger partial charge in [-0.2, -0.15) is 0 Å². The highest BCUT2D eigenvalue weighted by Gasteiger charge is 2.25. The number of aromatic nitrogens is 1. The number of carbonyl (C=O) groups is 1. The third-order valence-corrected chi connectivity index (χ3v) is 5.48. The molecule has 2 aromatic carbocycles. The topological polar surface area (TPSA) is 90.4 Å². The molecule has 1 aliphatic rings. The Balaban J connectivity index is 1.33. The molecule has 1 atom stereocenters. The molecule has 6 heteroatoms. The molecule has 6 nitrogen and oxygen atoms in total. The predicted octanol–water partition coefficient (Wildman–Crippen LogP) is 4.78. The van der Waals surface area contributed by atoms with Crippen LogP contribution in [0.2, 0.25) is 0 Å². The van der Waals surface area contributed by atoms with Crippen molar-refractivity contribution in [1.82, 2.24) is 4.98 Å². The van der Waals surface area contributed by atoms with Gasteiger partial charge in [-0.1, -0.05) is 36.4 Å². The minimum atomic E-state index is -0.152. The molecule has 5 rings (SSSR count). The Morgan fingerprint density at radius 1 is 1.03 bits per heavy atom. The number of pyridine rings is 1. The number of nitrogens with two attached hydrogens (primary N) is 1. The first-order chi connectivity index (χ1) is 16.2. The van der Waals surface area contributed by atoms with Gasteiger partial charge in [0.2, 0.25) is 0 Å². The molecule has 4 aromatic rings. The third kappa shape index (κ3) is 4.71. The van der Waals surface area contributed by atoms with Crippen molar-refractivity contribution in [2.45, 2.75) is 12.5 Å². The summed E-state index contributed by atoms with van der Waals surface area (Å²) in [4.78, 5) is 16.8. The molecular formula is C27H23N3O3. The molecule has 0 spiro atoms. The standard InChI is InChI=1S/C27H23N3O3/c28-21(11-18-5-2-1-3-6-18)17-33-23-12-20(15-29-16-23)19-8-9-26-24(13-19)25(27(31)30-26)14-22-7-4-10-32-22/h1-10,12-16,21H,11,17,28H2,(H,30,31)/t21-/m0/s1. The Hall–Kier alpha value is -4.16. The highest BCUT2D eigenvalue weighted by atomic mass is 16.5. The molecule has 164 valence electrons. The molecule has 3 N–H and O–H groups in total. The predicted molar refractivity (Wildman–Crippen MR) is 128 cm³/mol. The lowest BCUT2D eigenvalue weighted by Crippen LogP contribution is -2.30. The largest absolute Gasteiger partial charge is 0.490 e. The van der Waals surface area contributed by atoms with E-state index in [4.69, 9.17) is 14.9 Å². The molecule has 0 unspecified atom stereocenters. The highest BCUT2D eigenvalue weighted by Crippen LogP contribution is 2.36. The zero-order valence-electron chi connectivity index (χ0n) is 17.9. The van der Waals surface area contributed by atoms with Crippen LogP contribution < -0.4 is 15.8 Å². The monoisotopic (exact) mass is 437 g/mol. The number of furan rings is 1. The number of hydrogen-bond acceptors (Lipinski definition) is 5. The zero-order valence-corrected chi connectivity index (χ0v) is 17.9. The summed E-state index contributed by atoms with van der Waals surface area (Å²) in [5.41, 5.74) is 11.4. The van der Waals surface area contributed by atoms with Gasteiger partial charge in [0.25, 0.3) is 5.91 Å². The van der Waals surface area contributed by atoms with Crippen LogP contribution in [0.3, 0.4) is 0 Å². The number of rotatable bonds is 7. The molecular weight excluding hydrogens is 414 g/mol. The number of fused-ring (bicyclic) bond motifs is 1. The van der Waals surface area contributed by atoms with Crippen molar-refractivity contribution in [2.24, 2.45) is 5.73 Å². The van der Waals surface area contributed by atoms with Crippen LogP contribution in [0.15, 0.2) is 89.8 Å². The van der Waals surface area contributed by atoms with Crippen molar-refractivity contribution in [1.29, 1.82) is 0 Å². The van der Waals surface area contributed by atoms with Gasteiger partial charge in [0.05, 0.1) is 18.0 Å². The zero-order chi connectivity index (χ0) is 22.6. The first-order valence-electron chi connectivity index (χ1n) is 10.7. The van der Waals surface area contributed by atoms with E-state index >= 15 is 0 Å². The first kappa shape index (κ1) is 20.7. The summed E-state index contributed by atoms with van der Waals surface area (Å²) in [6.45, 7) is 0.388. The Bertz CT molecular complexity index is 1300. The smallest absolute Gasteiger partial charge is 0.256 e. The maximum absolute atomic E-state index is 12.5. The molecule has 3 heterocycles. The molecule has 0 bridgehead atoms. The summed E-state index contributed by atoms with van der Waals surface area (Å²) >= 11 is 0. The fourth-order valence-corrected chi connectivity index (χ4v) is 3.86. The van der Waals surface area contributed by atoms with Crippen molar-refractivity contribution < 1.29 is 13.9 Å². The summed E-state index contributed by atoms with van der Waals surface area (Å²) < 4.78 is 11.3. The SMILES string of the molecule is N[C@H](COc1cncc(-c2ccc3c(c2)C(=Cc2ccco2)C(=O)N3)c1)Cc1ccccc1. The maximum Gasteiger partial charge on any atom is 0.256 e. The summed E-state index contributed by atoms with van der Waals surface area (Å²) in [7, 11) is 0. The minimum absolute atomic E-state index is 0.123. The summed E-state index contributed by atoms with van der Waals surface area (Å²) in [6.07, 6.45) is 7.53. The number of hydrogen-bond donors (Lipinski definition) is 2. The number of benzene rings is 2. The molecule has 2 aromatic heterocycles. The van der Waals surface area contributed by atoms with Crippen molar-refractivity contribution in [2.75, 3.05) is 11.9 Å². The van der Waals surface area contributed by atoms with Crippen LogP contribution in [0.1, 0.15) is 16.9 Å². The second-order valence-corrected chi connectivity index (χ2v) is 7.96. The van der Waals surface area contributed by atoms with E-state index in [1.807, 2.05) is 48.5 Å². The Labute approximate surface area is 191 Å². The van der Waals surface area contributed by atoms with E-state index in [-0.39, 0.29) is 11.9 Å². The molecule has 1 amide bonds. The van der Waals surface area contributed by atoms with E-state index in [1.54, 1.807) is 30.8 Å². The van der Waals surface area contributed by atoms with Gasteiger partial charge in [0, 0.05) is 29.1 Å². The Kier molecular flexibility index (Phi) is 5.74. The van der Waals surface area contributed by atoms with Gasteiger partial charge in [-0.15, -0.1) is 0 Å². The van der Waals surface area contributed by atoms with Gasteiger partial charge in [0.15, 0.2) is 0 Å². The summed E-state index contributed by atoms with van der Waals surface area (Å²) in [6, 6.07) is 21.4. The number of carbonyl (C=O) groups excluding carboxylic acids is 1. The molecule has 0 saturated carbocycles. The van der Waals surface area contributed by atoms with Crippen molar-refractivity contribution in [3.63, 3.8) is 0 Å². The lowest BCUT2D eigenvalue weighted by atomic mass is 10.00. The van der Waals surface area contributed by atoms with Gasteiger partial charge >= 0.3 is 0 Å². The molecule has 33 heavy (non-hydrogen) atoms. The van der Waals surface area contributed by atoms with Crippen LogP contribution in [-0.4, -0.2) is 23.5 Å². The molecule has 0 aliphatic carbocycles. The van der Waals surface area contributed by atoms with Crippen LogP contribution in [0.4, 0.5) is 5.69 Å². The fraction of sp³-hybridized carbons (Fsp3) is 0.111. The maximum atomic E-state index is 12.5. The number of nitrogens with zero attached hydrogens (tertiary/aromatic N) is 1. The van der Waals surface area contributed by atoms with Gasteiger partial charge < -0.3 is 20.2 Å². The second-order valence-electron chi connectivity index (χ2n) is 7.96. The molecule has 0 fully saturated rings. The van der Waals surface area contributed by atoms with Crippen LogP contribution in [0.5, 0.6) is 5.75 Å². The lowest BCUT2D eigenvalue weighted by molar-refractivity contribution is -0.110. The van der Waals surface area contributed by atoms with Gasteiger partial charge in [0.1, 0.15) is 18.1 Å². The van der Waals surface area contributed by atoms with E-state index in [2.05, 4.69) is 22.4 Å². The van der Waals surface area contributed by atoms with Gasteiger partial charge in [-0.25, -0.2) is 0 Å². The molecule has 0 radical (unpaired) electrons. The molecule has 1 aliphatic heterocycles. The van der Waals surface area contributed by atoms with E-state index in [0.29, 0.717) is 23.7 Å². The lowest BCUT2D eigenvalue weighted by Gasteiger charge is -2.14. The third-order valence-electron chi connectivity index (χ3n) is 5.48. The van der Waals surface area contributed by atoms with E-state index < -0.39 is 0 Å². The number of amides is 1. The van der Waals surface area contributed by atoms with E-state index in [1.165, 1.54) is 5.56 Å². The average molecular weight is 437 g/mol. The van der Waals surface area contributed by atoms with Gasteiger partial charge in [-0.05, 0) is 54.0 Å². The number of nitrogens with one attached hydrogen (secondary N) is 1. The first-order valence-corrected chi connectivity index (χ1v) is 10.7. The van der Waals surface area contributed by atoms with Crippen molar-refractivity contribution in [3.05, 3.63) is 102 Å². The summed E-state index contributed by atoms with van der Waals surface area (Å²) in [5, 5.41) is 2.90. The summed E-state index contributed by atoms with van der Waals surface area (Å²) in [5.74, 6) is 1.13. The van der Waals surface area contributed by atoms with Crippen LogP contribution >= 0.6 is 0 Å². The average Bonchev–Trinajstić information content (AvgIpc) is 3.46. The van der Waals surface area contributed by atoms with Crippen molar-refractivity contribution in [3.8, 4) is 16.9 Å². The van der Waals surface area contributed by atoms with Crippen molar-refractivity contribution >= 4 is 23.2 Å². The van der Waals surface area contributed by atoms with Crippen LogP contribution in [-0.2, 0) is 11.2 Å². The fourth-order valence-electron chi connectivity index (χ4n) is 3.86. The van der Waals surface area contributed by atoms with Crippen LogP contribution in [0, 0.1) is 0 Å². The van der Waals surface area contributed by atoms with Gasteiger partial charge in [-0.3, -0.25) is 9.78 Å². The van der Waals surface area contributed by atoms with Crippen LogP contribution in [0.25, 0.3) is 22.8 Å². The second kappa shape index (κ2) is 9.14. The normalized spacial score (nSPS) is 14.7. The van der Waals surface area contributed by atoms with E-state index in [9.17, 15) is 4.79 Å². The Morgan fingerprint density at radius 2 is 1.91 bits per heavy atom.